The third-order valence-corrected chi connectivity index (χ3v) is 12.4. The van der Waals surface area contributed by atoms with Crippen molar-refractivity contribution in [2.75, 3.05) is 34.9 Å². The highest BCUT2D eigenvalue weighted by molar-refractivity contribution is 5.91. The Morgan fingerprint density at radius 1 is 0.857 bits per heavy atom. The maximum absolute atomic E-state index is 14.4. The molecular weight excluding hydrogens is 709 g/mol. The second-order valence-electron chi connectivity index (χ2n) is 17.1. The summed E-state index contributed by atoms with van der Waals surface area (Å²) in [6.45, 7) is 20.4. The molecule has 56 heavy (non-hydrogen) atoms. The van der Waals surface area contributed by atoms with Gasteiger partial charge in [0.25, 0.3) is 0 Å². The van der Waals surface area contributed by atoms with Crippen molar-refractivity contribution in [3.63, 3.8) is 0 Å². The highest BCUT2D eigenvalue weighted by Crippen LogP contribution is 2.31. The van der Waals surface area contributed by atoms with Crippen LogP contribution < -0.4 is 5.32 Å². The minimum Gasteiger partial charge on any atom is -0.379 e. The van der Waals surface area contributed by atoms with Crippen LogP contribution in [0.1, 0.15) is 113 Å². The Labute approximate surface area is 339 Å². The van der Waals surface area contributed by atoms with E-state index in [0.717, 1.165) is 18.4 Å². The second-order valence-corrected chi connectivity index (χ2v) is 17.1. The molecule has 0 aliphatic carbocycles. The Morgan fingerprint density at radius 2 is 1.48 bits per heavy atom. The monoisotopic (exact) mass is 785 g/mol. The highest BCUT2D eigenvalue weighted by atomic mass is 16.5. The van der Waals surface area contributed by atoms with E-state index in [2.05, 4.69) is 37.9 Å². The standard InChI is InChI=1S/C45H76N4O7/c1-15-31(9)42(48(12)45(54)34(28(3)4)26-38(51)41(29(5)6)47(11)30(7)8)39(55-13)27-40(52)49-24-20-23-36(49)43(56-14)32(10)44(53)46-35(37(50)16-2)25-33-21-18-17-19-22-33/h17-19,21-22,28-32,34-36,39,41-43H,15-16,20,23-27H2,1-14H3,(H,46,53)/t31?,32-,34+,35?,36+,39-,41+,42+,43-/m1/s1. The smallest absolute Gasteiger partial charge is 0.226 e. The van der Waals surface area contributed by atoms with E-state index >= 15 is 0 Å². The summed E-state index contributed by atoms with van der Waals surface area (Å²) in [4.78, 5) is 74.9. The molecule has 11 heteroatoms. The number of amides is 3. The first-order chi connectivity index (χ1) is 26.4. The van der Waals surface area contributed by atoms with Crippen molar-refractivity contribution in [2.45, 2.75) is 157 Å². The maximum atomic E-state index is 14.4. The van der Waals surface area contributed by atoms with Crippen LogP contribution in [-0.2, 0) is 39.9 Å². The summed E-state index contributed by atoms with van der Waals surface area (Å²) in [5.41, 5.74) is 0.960. The second kappa shape index (κ2) is 23.3. The molecule has 3 amide bonds. The molecule has 1 aliphatic rings. The molecule has 0 radical (unpaired) electrons. The van der Waals surface area contributed by atoms with Crippen LogP contribution in [0, 0.1) is 29.6 Å². The summed E-state index contributed by atoms with van der Waals surface area (Å²) in [5.74, 6) is -1.65. The molecule has 1 saturated heterocycles. The van der Waals surface area contributed by atoms with Gasteiger partial charge in [-0.2, -0.15) is 0 Å². The molecule has 1 aromatic rings. The van der Waals surface area contributed by atoms with E-state index in [-0.39, 0.29) is 78.0 Å². The lowest BCUT2D eigenvalue weighted by Gasteiger charge is -2.41. The first-order valence-corrected chi connectivity index (χ1v) is 21.1. The van der Waals surface area contributed by atoms with Gasteiger partial charge in [-0.05, 0) is 63.5 Å². The van der Waals surface area contributed by atoms with Crippen molar-refractivity contribution in [1.82, 2.24) is 20.0 Å². The number of rotatable bonds is 24. The summed E-state index contributed by atoms with van der Waals surface area (Å²) in [6.07, 6.45) is 1.86. The first kappa shape index (κ1) is 49.0. The zero-order valence-corrected chi connectivity index (χ0v) is 37.2. The lowest BCUT2D eigenvalue weighted by atomic mass is 9.83. The van der Waals surface area contributed by atoms with Crippen molar-refractivity contribution < 1.29 is 33.4 Å². The van der Waals surface area contributed by atoms with Crippen molar-refractivity contribution in [3.05, 3.63) is 35.9 Å². The topological polar surface area (TPSA) is 126 Å². The van der Waals surface area contributed by atoms with Crippen molar-refractivity contribution in [1.29, 1.82) is 0 Å². The van der Waals surface area contributed by atoms with E-state index in [0.29, 0.717) is 25.8 Å². The number of carbonyl (C=O) groups excluding carboxylic acids is 5. The molecule has 318 valence electrons. The third kappa shape index (κ3) is 12.9. The first-order valence-electron chi connectivity index (χ1n) is 21.1. The van der Waals surface area contributed by atoms with E-state index in [1.54, 1.807) is 40.0 Å². The van der Waals surface area contributed by atoms with Gasteiger partial charge in [0.05, 0.1) is 48.7 Å². The van der Waals surface area contributed by atoms with Crippen LogP contribution in [0.2, 0.25) is 0 Å². The molecule has 1 aromatic carbocycles. The fraction of sp³-hybridized carbons (Fsp3) is 0.756. The number of carbonyl (C=O) groups is 5. The molecule has 2 unspecified atom stereocenters. The van der Waals surface area contributed by atoms with E-state index in [4.69, 9.17) is 9.47 Å². The van der Waals surface area contributed by atoms with Crippen molar-refractivity contribution >= 4 is 29.3 Å². The average molecular weight is 785 g/mol. The zero-order valence-electron chi connectivity index (χ0n) is 37.2. The molecule has 11 nitrogen and oxygen atoms in total. The molecule has 0 saturated carbocycles. The maximum Gasteiger partial charge on any atom is 0.226 e. The molecule has 1 N–H and O–H groups in total. The van der Waals surface area contributed by atoms with E-state index < -0.39 is 36.1 Å². The Bertz CT molecular complexity index is 1400. The summed E-state index contributed by atoms with van der Waals surface area (Å²) in [6, 6.07) is 8.08. The van der Waals surface area contributed by atoms with Gasteiger partial charge < -0.3 is 24.6 Å². The summed E-state index contributed by atoms with van der Waals surface area (Å²) in [7, 11) is 6.90. The number of benzene rings is 1. The van der Waals surface area contributed by atoms with Gasteiger partial charge in [0.1, 0.15) is 0 Å². The van der Waals surface area contributed by atoms with Gasteiger partial charge in [-0.25, -0.2) is 0 Å². The van der Waals surface area contributed by atoms with Gasteiger partial charge in [-0.15, -0.1) is 0 Å². The van der Waals surface area contributed by atoms with Crippen LogP contribution in [0.15, 0.2) is 30.3 Å². The number of Topliss-reactive ketones (excluding diaryl/α,β-unsaturated/α-hetero) is 2. The largest absolute Gasteiger partial charge is 0.379 e. The summed E-state index contributed by atoms with van der Waals surface area (Å²) < 4.78 is 12.1. The number of likely N-dealkylation sites (tertiary alicyclic amines) is 1. The predicted octanol–water partition coefficient (Wildman–Crippen LogP) is 6.21. The molecule has 0 bridgehead atoms. The molecule has 9 atom stereocenters. The SMILES string of the molecule is CCC(=O)C(Cc1ccccc1)NC(=O)[C@H](C)[C@@H](OC)[C@@H]1CCCN1C(=O)C[C@@H](OC)[C@H](C(C)CC)N(C)C(=O)[C@@H](CC(=O)[C@H](C(C)C)N(C)C(C)C)C(C)C. The number of ketones is 2. The van der Waals surface area contributed by atoms with E-state index in [9.17, 15) is 24.0 Å². The minimum absolute atomic E-state index is 0.000167. The highest BCUT2D eigenvalue weighted by Gasteiger charge is 2.43. The van der Waals surface area contributed by atoms with Crippen molar-refractivity contribution in [3.8, 4) is 0 Å². The number of hydrogen-bond acceptors (Lipinski definition) is 8. The van der Waals surface area contributed by atoms with Crippen LogP contribution in [0.3, 0.4) is 0 Å². The van der Waals surface area contributed by atoms with Crippen molar-refractivity contribution in [2.24, 2.45) is 29.6 Å². The fourth-order valence-corrected chi connectivity index (χ4v) is 8.55. The number of methoxy groups -OCH3 is 2. The molecule has 1 heterocycles. The van der Waals surface area contributed by atoms with E-state index in [1.807, 2.05) is 70.0 Å². The Hall–Kier alpha value is -3.15. The molecule has 1 aliphatic heterocycles. The van der Waals surface area contributed by atoms with Crippen LogP contribution in [0.25, 0.3) is 0 Å². The Balaban J connectivity index is 2.30. The van der Waals surface area contributed by atoms with Crippen LogP contribution >= 0.6 is 0 Å². The Kier molecular flexibility index (Phi) is 20.4. The number of likely N-dealkylation sites (N-methyl/N-ethyl adjacent to an activating group) is 2. The van der Waals surface area contributed by atoms with Gasteiger partial charge in [0, 0.05) is 52.6 Å². The fourth-order valence-electron chi connectivity index (χ4n) is 8.55. The summed E-state index contributed by atoms with van der Waals surface area (Å²) >= 11 is 0. The summed E-state index contributed by atoms with van der Waals surface area (Å²) in [5, 5.41) is 2.99. The van der Waals surface area contributed by atoms with Crippen LogP contribution in [-0.4, -0.2) is 121 Å². The van der Waals surface area contributed by atoms with Crippen LogP contribution in [0.5, 0.6) is 0 Å². The van der Waals surface area contributed by atoms with Gasteiger partial charge in [0.15, 0.2) is 11.6 Å². The van der Waals surface area contributed by atoms with Gasteiger partial charge >= 0.3 is 0 Å². The minimum atomic E-state index is -0.665. The van der Waals surface area contributed by atoms with Gasteiger partial charge in [-0.3, -0.25) is 28.9 Å². The molecule has 2 rings (SSSR count). The molecule has 0 spiro atoms. The van der Waals surface area contributed by atoms with Gasteiger partial charge in [0.2, 0.25) is 17.7 Å². The average Bonchev–Trinajstić information content (AvgIpc) is 3.65. The quantitative estimate of drug-likeness (QED) is 0.131. The zero-order chi connectivity index (χ0) is 42.4. The lowest BCUT2D eigenvalue weighted by Crippen LogP contribution is -2.55. The predicted molar refractivity (Wildman–Crippen MR) is 223 cm³/mol. The number of nitrogens with zero attached hydrogens (tertiary/aromatic N) is 3. The van der Waals surface area contributed by atoms with Crippen LogP contribution in [0.4, 0.5) is 0 Å². The van der Waals surface area contributed by atoms with E-state index in [1.165, 1.54) is 0 Å². The molecule has 0 aromatic heterocycles. The van der Waals surface area contributed by atoms with Gasteiger partial charge in [-0.1, -0.05) is 92.1 Å². The normalized spacial score (nSPS) is 19.0. The number of hydrogen-bond donors (Lipinski definition) is 1. The number of ether oxygens (including phenoxy) is 2. The lowest BCUT2D eigenvalue weighted by molar-refractivity contribution is -0.149. The molecular formula is C45H76N4O7. The third-order valence-electron chi connectivity index (χ3n) is 12.4. The number of nitrogens with one attached hydrogen (secondary N) is 1. The molecule has 1 fully saturated rings. The Morgan fingerprint density at radius 3 is 1.98 bits per heavy atom.